The van der Waals surface area contributed by atoms with Gasteiger partial charge in [-0.1, -0.05) is 0 Å². The molecule has 3 atom stereocenters. The largest absolute Gasteiger partial charge is 0.347 e. The molecule has 0 bridgehead atoms. The maximum atomic E-state index is 11.9. The highest BCUT2D eigenvalue weighted by atomic mass is 16.2. The van der Waals surface area contributed by atoms with Crippen LogP contribution in [-0.4, -0.2) is 61.0 Å². The highest BCUT2D eigenvalue weighted by molar-refractivity contribution is 5.81. The van der Waals surface area contributed by atoms with Crippen LogP contribution in [0.5, 0.6) is 0 Å². The molecule has 1 rings (SSSR count). The molecule has 0 aliphatic carbocycles. The fourth-order valence-corrected chi connectivity index (χ4v) is 2.11. The van der Waals surface area contributed by atoms with Gasteiger partial charge in [0.25, 0.3) is 0 Å². The van der Waals surface area contributed by atoms with Gasteiger partial charge in [-0.2, -0.15) is 0 Å². The van der Waals surface area contributed by atoms with Gasteiger partial charge in [-0.05, 0) is 20.8 Å². The average molecular weight is 213 g/mol. The van der Waals surface area contributed by atoms with Gasteiger partial charge in [-0.15, -0.1) is 0 Å². The van der Waals surface area contributed by atoms with Gasteiger partial charge in [0.2, 0.25) is 5.91 Å². The van der Waals surface area contributed by atoms with Crippen LogP contribution in [0.2, 0.25) is 0 Å². The van der Waals surface area contributed by atoms with E-state index in [0.717, 1.165) is 13.1 Å². The first kappa shape index (κ1) is 12.5. The average Bonchev–Trinajstić information content (AvgIpc) is 2.19. The van der Waals surface area contributed by atoms with Crippen LogP contribution in [0.3, 0.4) is 0 Å². The van der Waals surface area contributed by atoms with Gasteiger partial charge in [0.15, 0.2) is 0 Å². The summed E-state index contributed by atoms with van der Waals surface area (Å²) >= 11 is 0. The Kier molecular flexibility index (Phi) is 4.11. The second-order valence-corrected chi connectivity index (χ2v) is 4.76. The Morgan fingerprint density at radius 2 is 2.07 bits per heavy atom. The molecule has 1 amide bonds. The van der Waals surface area contributed by atoms with E-state index in [2.05, 4.69) is 24.1 Å². The molecule has 0 aromatic heterocycles. The zero-order valence-electron chi connectivity index (χ0n) is 10.4. The second-order valence-electron chi connectivity index (χ2n) is 4.76. The number of nitrogens with one attached hydrogen (secondary N) is 1. The third kappa shape index (κ3) is 2.92. The number of hydrogen-bond acceptors (Lipinski definition) is 3. The molecule has 3 unspecified atom stereocenters. The molecule has 0 aromatic carbocycles. The lowest BCUT2D eigenvalue weighted by Gasteiger charge is -2.41. The molecule has 1 fully saturated rings. The van der Waals surface area contributed by atoms with E-state index in [-0.39, 0.29) is 11.9 Å². The predicted octanol–water partition coefficient (Wildman–Crippen LogP) is 0.145. The molecule has 0 aromatic rings. The molecule has 1 N–H and O–H groups in total. The normalized spacial score (nSPS) is 29.9. The summed E-state index contributed by atoms with van der Waals surface area (Å²) in [5.74, 6) is 0.191. The highest BCUT2D eigenvalue weighted by Gasteiger charge is 2.30. The Morgan fingerprint density at radius 1 is 1.47 bits per heavy atom. The lowest BCUT2D eigenvalue weighted by atomic mass is 10.1. The van der Waals surface area contributed by atoms with E-state index in [0.29, 0.717) is 12.1 Å². The summed E-state index contributed by atoms with van der Waals surface area (Å²) in [7, 11) is 3.63. The summed E-state index contributed by atoms with van der Waals surface area (Å²) < 4.78 is 0. The van der Waals surface area contributed by atoms with Gasteiger partial charge in [-0.25, -0.2) is 0 Å². The van der Waals surface area contributed by atoms with Crippen LogP contribution < -0.4 is 5.32 Å². The topological polar surface area (TPSA) is 35.6 Å². The fourth-order valence-electron chi connectivity index (χ4n) is 2.11. The van der Waals surface area contributed by atoms with Crippen LogP contribution in [0.15, 0.2) is 0 Å². The van der Waals surface area contributed by atoms with E-state index < -0.39 is 0 Å². The van der Waals surface area contributed by atoms with Gasteiger partial charge >= 0.3 is 0 Å². The Labute approximate surface area is 92.6 Å². The van der Waals surface area contributed by atoms with Crippen molar-refractivity contribution in [2.45, 2.75) is 38.9 Å². The Balaban J connectivity index is 2.64. The number of hydrogen-bond donors (Lipinski definition) is 1. The van der Waals surface area contributed by atoms with Gasteiger partial charge in [0.1, 0.15) is 0 Å². The van der Waals surface area contributed by atoms with Gasteiger partial charge < -0.3 is 10.2 Å². The van der Waals surface area contributed by atoms with Crippen molar-refractivity contribution in [1.82, 2.24) is 15.1 Å². The molecule has 1 aliphatic rings. The van der Waals surface area contributed by atoms with E-state index in [1.807, 2.05) is 21.0 Å². The lowest BCUT2D eigenvalue weighted by Crippen LogP contribution is -2.59. The summed E-state index contributed by atoms with van der Waals surface area (Å²) in [6.45, 7) is 8.23. The number of carbonyl (C=O) groups excluding carboxylic acids is 1. The SMILES string of the molecule is CC1CN(C(C)C(=O)N(C)C)C(C)CN1. The molecule has 1 aliphatic heterocycles. The van der Waals surface area contributed by atoms with Crippen molar-refractivity contribution in [2.24, 2.45) is 0 Å². The van der Waals surface area contributed by atoms with Crippen LogP contribution in [0.1, 0.15) is 20.8 Å². The van der Waals surface area contributed by atoms with E-state index in [1.165, 1.54) is 0 Å². The first-order valence-corrected chi connectivity index (χ1v) is 5.63. The molecule has 15 heavy (non-hydrogen) atoms. The van der Waals surface area contributed by atoms with Crippen LogP contribution in [0.4, 0.5) is 0 Å². The molecule has 0 spiro atoms. The zero-order chi connectivity index (χ0) is 11.6. The van der Waals surface area contributed by atoms with Crippen LogP contribution in [0, 0.1) is 0 Å². The summed E-state index contributed by atoms with van der Waals surface area (Å²) in [6.07, 6.45) is 0. The minimum absolute atomic E-state index is 0.0143. The lowest BCUT2D eigenvalue weighted by molar-refractivity contribution is -0.135. The number of carbonyl (C=O) groups is 1. The smallest absolute Gasteiger partial charge is 0.239 e. The Hall–Kier alpha value is -0.610. The molecule has 1 saturated heterocycles. The summed E-state index contributed by atoms with van der Waals surface area (Å²) in [6, 6.07) is 0.887. The molecule has 1 heterocycles. The van der Waals surface area contributed by atoms with Crippen molar-refractivity contribution in [2.75, 3.05) is 27.2 Å². The summed E-state index contributed by atoms with van der Waals surface area (Å²) in [5.41, 5.74) is 0. The van der Waals surface area contributed by atoms with Crippen molar-refractivity contribution in [3.63, 3.8) is 0 Å². The van der Waals surface area contributed by atoms with Gasteiger partial charge in [-0.3, -0.25) is 9.69 Å². The van der Waals surface area contributed by atoms with Crippen molar-refractivity contribution in [3.8, 4) is 0 Å². The monoisotopic (exact) mass is 213 g/mol. The number of piperazine rings is 1. The van der Waals surface area contributed by atoms with E-state index in [9.17, 15) is 4.79 Å². The molecular weight excluding hydrogens is 190 g/mol. The summed E-state index contributed by atoms with van der Waals surface area (Å²) in [4.78, 5) is 15.8. The second kappa shape index (κ2) is 4.94. The third-order valence-corrected chi connectivity index (χ3v) is 3.11. The van der Waals surface area contributed by atoms with Gasteiger partial charge in [0.05, 0.1) is 6.04 Å². The minimum Gasteiger partial charge on any atom is -0.347 e. The van der Waals surface area contributed by atoms with Crippen molar-refractivity contribution in [3.05, 3.63) is 0 Å². The minimum atomic E-state index is -0.0143. The highest BCUT2D eigenvalue weighted by Crippen LogP contribution is 2.12. The molecule has 88 valence electrons. The predicted molar refractivity (Wildman–Crippen MR) is 61.8 cm³/mol. The fraction of sp³-hybridized carbons (Fsp3) is 0.909. The van der Waals surface area contributed by atoms with Crippen LogP contribution in [0.25, 0.3) is 0 Å². The Morgan fingerprint density at radius 3 is 2.60 bits per heavy atom. The standard InChI is InChI=1S/C11H23N3O/c1-8-7-14(9(2)6-12-8)10(3)11(15)13(4)5/h8-10,12H,6-7H2,1-5H3. The van der Waals surface area contributed by atoms with Crippen molar-refractivity contribution >= 4 is 5.91 Å². The molecule has 4 nitrogen and oxygen atoms in total. The first-order chi connectivity index (χ1) is 6.93. The maximum absolute atomic E-state index is 11.9. The molecular formula is C11H23N3O. The van der Waals surface area contributed by atoms with Crippen LogP contribution >= 0.6 is 0 Å². The summed E-state index contributed by atoms with van der Waals surface area (Å²) in [5, 5.41) is 3.42. The first-order valence-electron chi connectivity index (χ1n) is 5.63. The van der Waals surface area contributed by atoms with Crippen molar-refractivity contribution in [1.29, 1.82) is 0 Å². The zero-order valence-corrected chi connectivity index (χ0v) is 10.4. The molecule has 4 heteroatoms. The van der Waals surface area contributed by atoms with Gasteiger partial charge in [0, 0.05) is 39.3 Å². The quantitative estimate of drug-likeness (QED) is 0.709. The Bertz CT molecular complexity index is 230. The van der Waals surface area contributed by atoms with E-state index in [4.69, 9.17) is 0 Å². The number of nitrogens with zero attached hydrogens (tertiary/aromatic N) is 2. The van der Waals surface area contributed by atoms with Crippen molar-refractivity contribution < 1.29 is 4.79 Å². The van der Waals surface area contributed by atoms with E-state index >= 15 is 0 Å². The maximum Gasteiger partial charge on any atom is 0.239 e. The molecule has 0 radical (unpaired) electrons. The number of likely N-dealkylation sites (N-methyl/N-ethyl adjacent to an activating group) is 1. The number of amides is 1. The number of rotatable bonds is 2. The van der Waals surface area contributed by atoms with Crippen LogP contribution in [-0.2, 0) is 4.79 Å². The van der Waals surface area contributed by atoms with E-state index in [1.54, 1.807) is 4.90 Å². The molecule has 0 saturated carbocycles. The third-order valence-electron chi connectivity index (χ3n) is 3.11.